The predicted molar refractivity (Wildman–Crippen MR) is 83.2 cm³/mol. The second-order valence-corrected chi connectivity index (χ2v) is 5.91. The fourth-order valence-corrected chi connectivity index (χ4v) is 2.58. The van der Waals surface area contributed by atoms with Gasteiger partial charge in [-0.3, -0.25) is 4.79 Å². The Morgan fingerprint density at radius 3 is 2.89 bits per heavy atom. The number of nitrogens with one attached hydrogen (secondary N) is 1. The van der Waals surface area contributed by atoms with Gasteiger partial charge in [-0.1, -0.05) is 0 Å². The van der Waals surface area contributed by atoms with E-state index in [9.17, 15) is 4.79 Å². The van der Waals surface area contributed by atoms with Crippen LogP contribution in [0.1, 0.15) is 6.42 Å². The molecule has 0 radical (unpaired) electrons. The Morgan fingerprint density at radius 1 is 1.50 bits per heavy atom. The largest absolute Gasteiger partial charge is 0.349 e. The number of halogens is 1. The Kier molecular flexibility index (Phi) is 4.06. The standard InChI is InChI=1S/C12H14IN3OS/c1-15(2)11(17)5-6-16-10-4-3-8(13)7-9(10)14-12(16)18/h3-4,7H,5-6H2,1-2H3,(H,14,18). The van der Waals surface area contributed by atoms with E-state index in [1.165, 1.54) is 0 Å². The van der Waals surface area contributed by atoms with Crippen molar-refractivity contribution in [2.45, 2.75) is 13.0 Å². The molecule has 0 fully saturated rings. The van der Waals surface area contributed by atoms with Gasteiger partial charge in [-0.05, 0) is 53.0 Å². The Balaban J connectivity index is 2.31. The van der Waals surface area contributed by atoms with Gasteiger partial charge >= 0.3 is 0 Å². The molecule has 1 heterocycles. The third-order valence-electron chi connectivity index (χ3n) is 2.78. The molecule has 0 unspecified atom stereocenters. The number of imidazole rings is 1. The maximum absolute atomic E-state index is 11.6. The van der Waals surface area contributed by atoms with Crippen LogP contribution in [-0.2, 0) is 11.3 Å². The molecule has 1 amide bonds. The molecule has 2 aromatic rings. The molecule has 2 rings (SSSR count). The summed E-state index contributed by atoms with van der Waals surface area (Å²) in [4.78, 5) is 16.4. The molecule has 96 valence electrons. The van der Waals surface area contributed by atoms with Crippen molar-refractivity contribution >= 4 is 51.7 Å². The van der Waals surface area contributed by atoms with Crippen molar-refractivity contribution in [2.24, 2.45) is 0 Å². The van der Waals surface area contributed by atoms with E-state index in [0.717, 1.165) is 14.6 Å². The summed E-state index contributed by atoms with van der Waals surface area (Å²) < 4.78 is 3.80. The van der Waals surface area contributed by atoms with Crippen LogP contribution in [0.3, 0.4) is 0 Å². The van der Waals surface area contributed by atoms with Gasteiger partial charge in [0.05, 0.1) is 11.0 Å². The van der Waals surface area contributed by atoms with Gasteiger partial charge < -0.3 is 14.5 Å². The zero-order valence-corrected chi connectivity index (χ0v) is 13.2. The number of benzene rings is 1. The average molecular weight is 375 g/mol. The topological polar surface area (TPSA) is 41.0 Å². The van der Waals surface area contributed by atoms with Crippen LogP contribution >= 0.6 is 34.8 Å². The van der Waals surface area contributed by atoms with Gasteiger partial charge in [-0.2, -0.15) is 0 Å². The molecule has 1 aromatic heterocycles. The number of H-pyrrole nitrogens is 1. The fourth-order valence-electron chi connectivity index (χ4n) is 1.79. The second kappa shape index (κ2) is 5.40. The maximum Gasteiger partial charge on any atom is 0.223 e. The van der Waals surface area contributed by atoms with E-state index in [1.807, 2.05) is 16.7 Å². The highest BCUT2D eigenvalue weighted by Crippen LogP contribution is 2.17. The molecule has 0 saturated carbocycles. The highest BCUT2D eigenvalue weighted by Gasteiger charge is 2.08. The maximum atomic E-state index is 11.6. The third kappa shape index (κ3) is 2.74. The minimum absolute atomic E-state index is 0.108. The summed E-state index contributed by atoms with van der Waals surface area (Å²) in [6.07, 6.45) is 0.459. The zero-order valence-electron chi connectivity index (χ0n) is 10.2. The third-order valence-corrected chi connectivity index (χ3v) is 3.78. The average Bonchev–Trinajstić information content (AvgIpc) is 2.60. The van der Waals surface area contributed by atoms with Gasteiger partial charge in [0.2, 0.25) is 5.91 Å². The fraction of sp³-hybridized carbons (Fsp3) is 0.333. The number of aromatic amines is 1. The van der Waals surface area contributed by atoms with Crippen molar-refractivity contribution in [3.8, 4) is 0 Å². The van der Waals surface area contributed by atoms with Crippen LogP contribution in [0.2, 0.25) is 0 Å². The van der Waals surface area contributed by atoms with Gasteiger partial charge in [0.1, 0.15) is 0 Å². The van der Waals surface area contributed by atoms with E-state index in [-0.39, 0.29) is 5.91 Å². The van der Waals surface area contributed by atoms with Gasteiger partial charge in [-0.15, -0.1) is 0 Å². The van der Waals surface area contributed by atoms with Crippen LogP contribution in [0.25, 0.3) is 11.0 Å². The van der Waals surface area contributed by atoms with Crippen molar-refractivity contribution in [3.05, 3.63) is 26.5 Å². The summed E-state index contributed by atoms with van der Waals surface area (Å²) in [5.41, 5.74) is 2.07. The van der Waals surface area contributed by atoms with Crippen LogP contribution in [0.5, 0.6) is 0 Å². The van der Waals surface area contributed by atoms with Crippen LogP contribution in [0.15, 0.2) is 18.2 Å². The molecule has 0 atom stereocenters. The van der Waals surface area contributed by atoms with Crippen LogP contribution in [0, 0.1) is 8.34 Å². The lowest BCUT2D eigenvalue weighted by Gasteiger charge is -2.10. The molecule has 0 bridgehead atoms. The number of carbonyl (C=O) groups excluding carboxylic acids is 1. The molecular weight excluding hydrogens is 361 g/mol. The van der Waals surface area contributed by atoms with Gasteiger partial charge in [0.15, 0.2) is 4.77 Å². The Labute approximate surface area is 124 Å². The first-order valence-electron chi connectivity index (χ1n) is 5.57. The monoisotopic (exact) mass is 375 g/mol. The van der Waals surface area contributed by atoms with E-state index in [2.05, 4.69) is 33.6 Å². The van der Waals surface area contributed by atoms with Crippen molar-refractivity contribution < 1.29 is 4.79 Å². The number of hydrogen-bond acceptors (Lipinski definition) is 2. The van der Waals surface area contributed by atoms with E-state index in [1.54, 1.807) is 19.0 Å². The van der Waals surface area contributed by atoms with E-state index >= 15 is 0 Å². The summed E-state index contributed by atoms with van der Waals surface area (Å²) in [6.45, 7) is 0.608. The van der Waals surface area contributed by atoms with Crippen molar-refractivity contribution in [1.29, 1.82) is 0 Å². The number of amides is 1. The lowest BCUT2D eigenvalue weighted by atomic mass is 10.3. The van der Waals surface area contributed by atoms with Gasteiger partial charge in [0.25, 0.3) is 0 Å². The number of nitrogens with zero attached hydrogens (tertiary/aromatic N) is 2. The molecule has 0 aliphatic rings. The van der Waals surface area contributed by atoms with E-state index in [4.69, 9.17) is 12.2 Å². The molecule has 0 aliphatic heterocycles. The quantitative estimate of drug-likeness (QED) is 0.662. The molecule has 0 aliphatic carbocycles. The van der Waals surface area contributed by atoms with E-state index < -0.39 is 0 Å². The summed E-state index contributed by atoms with van der Waals surface area (Å²) in [7, 11) is 3.53. The summed E-state index contributed by atoms with van der Waals surface area (Å²) >= 11 is 7.56. The Morgan fingerprint density at radius 2 is 2.22 bits per heavy atom. The number of carbonyl (C=O) groups is 1. The summed E-state index contributed by atoms with van der Waals surface area (Å²) in [5, 5.41) is 0. The first kappa shape index (κ1) is 13.5. The normalized spacial score (nSPS) is 10.8. The summed E-state index contributed by atoms with van der Waals surface area (Å²) in [5.74, 6) is 0.108. The highest BCUT2D eigenvalue weighted by atomic mass is 127. The lowest BCUT2D eigenvalue weighted by molar-refractivity contribution is -0.128. The summed E-state index contributed by atoms with van der Waals surface area (Å²) in [6, 6.07) is 6.12. The van der Waals surface area contributed by atoms with Crippen molar-refractivity contribution in [1.82, 2.24) is 14.5 Å². The molecule has 0 saturated heterocycles. The second-order valence-electron chi connectivity index (χ2n) is 4.28. The predicted octanol–water partition coefficient (Wildman–Crippen LogP) is 2.78. The van der Waals surface area contributed by atoms with Crippen molar-refractivity contribution in [2.75, 3.05) is 14.1 Å². The molecule has 4 nitrogen and oxygen atoms in total. The van der Waals surface area contributed by atoms with Crippen LogP contribution in [-0.4, -0.2) is 34.5 Å². The highest BCUT2D eigenvalue weighted by molar-refractivity contribution is 14.1. The zero-order chi connectivity index (χ0) is 13.3. The van der Waals surface area contributed by atoms with Gasteiger partial charge in [-0.25, -0.2) is 0 Å². The van der Waals surface area contributed by atoms with Crippen LogP contribution < -0.4 is 0 Å². The lowest BCUT2D eigenvalue weighted by Crippen LogP contribution is -2.22. The smallest absolute Gasteiger partial charge is 0.223 e. The van der Waals surface area contributed by atoms with Gasteiger partial charge in [0, 0.05) is 30.6 Å². The minimum Gasteiger partial charge on any atom is -0.349 e. The number of aromatic nitrogens is 2. The molecule has 6 heteroatoms. The molecule has 1 N–H and O–H groups in total. The first-order valence-corrected chi connectivity index (χ1v) is 7.06. The molecule has 1 aromatic carbocycles. The number of fused-ring (bicyclic) bond motifs is 1. The van der Waals surface area contributed by atoms with Crippen molar-refractivity contribution in [3.63, 3.8) is 0 Å². The molecule has 18 heavy (non-hydrogen) atoms. The van der Waals surface area contributed by atoms with E-state index in [0.29, 0.717) is 17.7 Å². The van der Waals surface area contributed by atoms with Crippen LogP contribution in [0.4, 0.5) is 0 Å². The number of aryl methyl sites for hydroxylation is 1. The Hall–Kier alpha value is -0.890. The number of hydrogen-bond donors (Lipinski definition) is 1. The first-order chi connectivity index (χ1) is 8.49. The minimum atomic E-state index is 0.108. The molecular formula is C12H14IN3OS. The number of rotatable bonds is 3. The molecule has 0 spiro atoms. The SMILES string of the molecule is CN(C)C(=O)CCn1c(=S)[nH]c2cc(I)ccc21. The Bertz CT molecular complexity index is 644.